The van der Waals surface area contributed by atoms with Crippen molar-refractivity contribution in [3.05, 3.63) is 24.9 Å². The summed E-state index contributed by atoms with van der Waals surface area (Å²) >= 11 is 0. The predicted octanol–water partition coefficient (Wildman–Crippen LogP) is 0.277. The summed E-state index contributed by atoms with van der Waals surface area (Å²) in [4.78, 5) is 0. The van der Waals surface area contributed by atoms with E-state index in [1.165, 1.54) is 0 Å². The predicted molar refractivity (Wildman–Crippen MR) is 28.9 cm³/mol. The van der Waals surface area contributed by atoms with E-state index in [4.69, 9.17) is 5.11 Å². The molecule has 0 bridgehead atoms. The lowest BCUT2D eigenvalue weighted by molar-refractivity contribution is 0.221. The lowest BCUT2D eigenvalue weighted by Gasteiger charge is -1.93. The van der Waals surface area contributed by atoms with Crippen molar-refractivity contribution in [3.8, 4) is 0 Å². The molecule has 3 nitrogen and oxygen atoms in total. The van der Waals surface area contributed by atoms with Gasteiger partial charge in [0.2, 0.25) is 0 Å². The Balaban J connectivity index is 2.77. The zero-order chi connectivity index (χ0) is 5.98. The molecule has 1 aromatic heterocycles. The molecule has 0 spiro atoms. The van der Waals surface area contributed by atoms with Crippen LogP contribution in [0.2, 0.25) is 0 Å². The van der Waals surface area contributed by atoms with Crippen LogP contribution >= 0.6 is 0 Å². The molecule has 43 valence electrons. The minimum absolute atomic E-state index is 0.574. The van der Waals surface area contributed by atoms with Gasteiger partial charge in [0.15, 0.2) is 0 Å². The molecule has 1 radical (unpaired) electrons. The van der Waals surface area contributed by atoms with E-state index in [1.807, 2.05) is 0 Å². The van der Waals surface area contributed by atoms with Gasteiger partial charge < -0.3 is 5.11 Å². The molecule has 2 N–H and O–H groups in total. The van der Waals surface area contributed by atoms with Crippen LogP contribution in [-0.4, -0.2) is 15.3 Å². The van der Waals surface area contributed by atoms with E-state index in [-0.39, 0.29) is 0 Å². The number of nitrogens with zero attached hydrogens (tertiary/aromatic N) is 1. The Labute approximate surface area is 47.4 Å². The molecule has 0 saturated carbocycles. The van der Waals surface area contributed by atoms with Crippen LogP contribution in [0.15, 0.2) is 12.3 Å². The van der Waals surface area contributed by atoms with Crippen molar-refractivity contribution in [2.45, 2.75) is 6.10 Å². The lowest BCUT2D eigenvalue weighted by Crippen LogP contribution is -1.90. The SMILES string of the molecule is [CH2]C(O)c1cc[nH]n1. The van der Waals surface area contributed by atoms with Crippen LogP contribution in [0.1, 0.15) is 11.8 Å². The molecular weight excluding hydrogens is 104 g/mol. The molecule has 1 atom stereocenters. The van der Waals surface area contributed by atoms with Crippen molar-refractivity contribution in [1.29, 1.82) is 0 Å². The Morgan fingerprint density at radius 3 is 2.88 bits per heavy atom. The van der Waals surface area contributed by atoms with Gasteiger partial charge in [0.05, 0.1) is 11.8 Å². The first-order valence-corrected chi connectivity index (χ1v) is 2.31. The highest BCUT2D eigenvalue weighted by Crippen LogP contribution is 2.03. The molecule has 8 heavy (non-hydrogen) atoms. The smallest absolute Gasteiger partial charge is 0.0979 e. The largest absolute Gasteiger partial charge is 0.387 e. The second-order valence-electron chi connectivity index (χ2n) is 1.51. The van der Waals surface area contributed by atoms with Crippen molar-refractivity contribution >= 4 is 0 Å². The summed E-state index contributed by atoms with van der Waals surface area (Å²) in [5.74, 6) is 0. The molecule has 1 heterocycles. The molecule has 0 aromatic carbocycles. The second kappa shape index (κ2) is 1.96. The monoisotopic (exact) mass is 111 g/mol. The van der Waals surface area contributed by atoms with Crippen molar-refractivity contribution in [1.82, 2.24) is 10.2 Å². The van der Waals surface area contributed by atoms with Gasteiger partial charge in [-0.15, -0.1) is 0 Å². The molecule has 1 rings (SSSR count). The van der Waals surface area contributed by atoms with Crippen LogP contribution in [-0.2, 0) is 0 Å². The quantitative estimate of drug-likeness (QED) is 0.546. The average molecular weight is 111 g/mol. The van der Waals surface area contributed by atoms with Gasteiger partial charge in [0, 0.05) is 6.20 Å². The Kier molecular flexibility index (Phi) is 1.30. The number of aliphatic hydroxyl groups excluding tert-OH is 1. The summed E-state index contributed by atoms with van der Waals surface area (Å²) < 4.78 is 0. The minimum Gasteiger partial charge on any atom is -0.387 e. The third-order valence-corrected chi connectivity index (χ3v) is 0.864. The van der Waals surface area contributed by atoms with E-state index in [0.717, 1.165) is 0 Å². The highest BCUT2D eigenvalue weighted by molar-refractivity contribution is 5.01. The summed E-state index contributed by atoms with van der Waals surface area (Å²) in [6, 6.07) is 1.68. The van der Waals surface area contributed by atoms with Gasteiger partial charge in [-0.3, -0.25) is 5.10 Å². The number of aromatic amines is 1. The van der Waals surface area contributed by atoms with Crippen molar-refractivity contribution in [2.24, 2.45) is 0 Å². The summed E-state index contributed by atoms with van der Waals surface area (Å²) in [6.45, 7) is 3.35. The zero-order valence-electron chi connectivity index (χ0n) is 4.33. The molecule has 0 aliphatic rings. The first-order chi connectivity index (χ1) is 3.80. The van der Waals surface area contributed by atoms with Gasteiger partial charge in [-0.05, 0) is 13.0 Å². The van der Waals surface area contributed by atoms with Crippen LogP contribution in [0.4, 0.5) is 0 Å². The maximum Gasteiger partial charge on any atom is 0.0979 e. The Morgan fingerprint density at radius 1 is 1.88 bits per heavy atom. The van der Waals surface area contributed by atoms with Crippen LogP contribution in [0.25, 0.3) is 0 Å². The number of aromatic nitrogens is 2. The fraction of sp³-hybridized carbons (Fsp3) is 0.200. The number of aliphatic hydroxyl groups is 1. The fourth-order valence-electron chi connectivity index (χ4n) is 0.457. The Bertz CT molecular complexity index is 145. The van der Waals surface area contributed by atoms with Crippen LogP contribution < -0.4 is 0 Å². The molecule has 0 aliphatic carbocycles. The van der Waals surface area contributed by atoms with Gasteiger partial charge in [0.1, 0.15) is 0 Å². The minimum atomic E-state index is -0.707. The molecule has 0 amide bonds. The number of nitrogens with one attached hydrogen (secondary N) is 1. The third-order valence-electron chi connectivity index (χ3n) is 0.864. The summed E-state index contributed by atoms with van der Waals surface area (Å²) in [5.41, 5.74) is 0.574. The first-order valence-electron chi connectivity index (χ1n) is 2.31. The van der Waals surface area contributed by atoms with Crippen LogP contribution in [0.5, 0.6) is 0 Å². The van der Waals surface area contributed by atoms with Gasteiger partial charge >= 0.3 is 0 Å². The Morgan fingerprint density at radius 2 is 2.62 bits per heavy atom. The Hall–Kier alpha value is -0.830. The normalized spacial score (nSPS) is 13.8. The zero-order valence-corrected chi connectivity index (χ0v) is 4.33. The molecule has 0 saturated heterocycles. The maximum atomic E-state index is 8.72. The van der Waals surface area contributed by atoms with E-state index in [0.29, 0.717) is 5.69 Å². The van der Waals surface area contributed by atoms with Gasteiger partial charge in [0.25, 0.3) is 0 Å². The first kappa shape index (κ1) is 5.31. The van der Waals surface area contributed by atoms with Gasteiger partial charge in [-0.25, -0.2) is 0 Å². The molecule has 3 heteroatoms. The second-order valence-corrected chi connectivity index (χ2v) is 1.51. The number of hydrogen-bond donors (Lipinski definition) is 2. The van der Waals surface area contributed by atoms with Crippen LogP contribution in [0.3, 0.4) is 0 Å². The van der Waals surface area contributed by atoms with E-state index in [9.17, 15) is 0 Å². The number of rotatable bonds is 1. The number of hydrogen-bond acceptors (Lipinski definition) is 2. The van der Waals surface area contributed by atoms with E-state index in [2.05, 4.69) is 17.1 Å². The van der Waals surface area contributed by atoms with Crippen LogP contribution in [0, 0.1) is 6.92 Å². The number of H-pyrrole nitrogens is 1. The molecule has 0 aliphatic heterocycles. The summed E-state index contributed by atoms with van der Waals surface area (Å²) in [7, 11) is 0. The average Bonchev–Trinajstić information content (AvgIpc) is 2.12. The summed E-state index contributed by atoms with van der Waals surface area (Å²) in [5, 5.41) is 15.0. The van der Waals surface area contributed by atoms with E-state index >= 15 is 0 Å². The molecular formula is C5H7N2O. The van der Waals surface area contributed by atoms with Gasteiger partial charge in [-0.2, -0.15) is 5.10 Å². The van der Waals surface area contributed by atoms with Crippen molar-refractivity contribution in [2.75, 3.05) is 0 Å². The van der Waals surface area contributed by atoms with Crippen molar-refractivity contribution < 1.29 is 5.11 Å². The highest BCUT2D eigenvalue weighted by atomic mass is 16.3. The molecule has 1 unspecified atom stereocenters. The van der Waals surface area contributed by atoms with Crippen molar-refractivity contribution in [3.63, 3.8) is 0 Å². The molecule has 1 aromatic rings. The highest BCUT2D eigenvalue weighted by Gasteiger charge is 1.99. The summed E-state index contributed by atoms with van der Waals surface area (Å²) in [6.07, 6.45) is 0.935. The standard InChI is InChI=1S/C5H7N2O/c1-4(8)5-2-3-6-7-5/h2-4,8H,1H2,(H,6,7). The molecule has 0 fully saturated rings. The lowest BCUT2D eigenvalue weighted by atomic mass is 10.3. The van der Waals surface area contributed by atoms with Gasteiger partial charge in [-0.1, -0.05) is 0 Å². The van der Waals surface area contributed by atoms with E-state index < -0.39 is 6.10 Å². The maximum absolute atomic E-state index is 8.72. The fourth-order valence-corrected chi connectivity index (χ4v) is 0.457. The third kappa shape index (κ3) is 0.869. The van der Waals surface area contributed by atoms with E-state index in [1.54, 1.807) is 12.3 Å². The topological polar surface area (TPSA) is 48.9 Å².